The van der Waals surface area contributed by atoms with E-state index in [1.54, 1.807) is 4.68 Å². The van der Waals surface area contributed by atoms with Crippen molar-refractivity contribution in [2.24, 2.45) is 0 Å². The number of H-pyrrole nitrogens is 1. The van der Waals surface area contributed by atoms with Crippen molar-refractivity contribution in [1.82, 2.24) is 9.78 Å². The number of aromatic nitrogens is 2. The first-order valence-corrected chi connectivity index (χ1v) is 6.63. The molecule has 0 spiro atoms. The smallest absolute Gasteiger partial charge is 0.270 e. The van der Waals surface area contributed by atoms with Gasteiger partial charge in [0.2, 0.25) is 0 Å². The lowest BCUT2D eigenvalue weighted by atomic mass is 10.0. The van der Waals surface area contributed by atoms with E-state index in [9.17, 15) is 4.79 Å². The highest BCUT2D eigenvalue weighted by molar-refractivity contribution is 5.21. The molecule has 0 saturated carbocycles. The van der Waals surface area contributed by atoms with E-state index >= 15 is 0 Å². The lowest BCUT2D eigenvalue weighted by molar-refractivity contribution is 0.342. The van der Waals surface area contributed by atoms with Crippen molar-refractivity contribution < 1.29 is 0 Å². The van der Waals surface area contributed by atoms with Crippen molar-refractivity contribution in [2.45, 2.75) is 72.3 Å². The molecule has 3 heteroatoms. The van der Waals surface area contributed by atoms with E-state index in [2.05, 4.69) is 46.6 Å². The highest BCUT2D eigenvalue weighted by Crippen LogP contribution is 2.19. The molecule has 0 saturated heterocycles. The summed E-state index contributed by atoms with van der Waals surface area (Å²) in [7, 11) is 0. The molecular weight excluding hydrogens is 212 g/mol. The largest absolute Gasteiger partial charge is 0.299 e. The van der Waals surface area contributed by atoms with Crippen LogP contribution in [-0.2, 0) is 12.0 Å². The van der Waals surface area contributed by atoms with Crippen LogP contribution in [0.15, 0.2) is 4.79 Å². The maximum absolute atomic E-state index is 12.4. The predicted octanol–water partition coefficient (Wildman–Crippen LogP) is 3.40. The van der Waals surface area contributed by atoms with Crippen LogP contribution in [0.5, 0.6) is 0 Å². The molecule has 98 valence electrons. The number of aromatic amines is 1. The molecule has 0 atom stereocenters. The summed E-state index contributed by atoms with van der Waals surface area (Å²) >= 11 is 0. The Hall–Kier alpha value is -0.990. The zero-order valence-corrected chi connectivity index (χ0v) is 12.1. The summed E-state index contributed by atoms with van der Waals surface area (Å²) < 4.78 is 1.77. The van der Waals surface area contributed by atoms with Crippen LogP contribution >= 0.6 is 0 Å². The third kappa shape index (κ3) is 3.02. The van der Waals surface area contributed by atoms with Gasteiger partial charge in [-0.05, 0) is 39.5 Å². The van der Waals surface area contributed by atoms with E-state index in [0.29, 0.717) is 5.92 Å². The van der Waals surface area contributed by atoms with Crippen molar-refractivity contribution in [1.29, 1.82) is 0 Å². The molecule has 0 aromatic carbocycles. The van der Waals surface area contributed by atoms with Gasteiger partial charge in [-0.1, -0.05) is 27.2 Å². The Labute approximate surface area is 104 Å². The molecule has 0 amide bonds. The molecule has 1 heterocycles. The van der Waals surface area contributed by atoms with Crippen molar-refractivity contribution >= 4 is 0 Å². The fourth-order valence-corrected chi connectivity index (χ4v) is 2.03. The Kier molecular flexibility index (Phi) is 4.23. The first kappa shape index (κ1) is 14.1. The number of hydrogen-bond donors (Lipinski definition) is 1. The highest BCUT2D eigenvalue weighted by Gasteiger charge is 2.22. The van der Waals surface area contributed by atoms with Crippen LogP contribution in [0.4, 0.5) is 0 Å². The minimum absolute atomic E-state index is 0.162. The molecule has 17 heavy (non-hydrogen) atoms. The second-order valence-corrected chi connectivity index (χ2v) is 6.07. The van der Waals surface area contributed by atoms with Crippen molar-refractivity contribution in [3.63, 3.8) is 0 Å². The van der Waals surface area contributed by atoms with Gasteiger partial charge in [-0.15, -0.1) is 0 Å². The number of nitrogens with one attached hydrogen (secondary N) is 1. The number of rotatable bonds is 4. The van der Waals surface area contributed by atoms with E-state index in [1.807, 2.05) is 0 Å². The van der Waals surface area contributed by atoms with Crippen LogP contribution in [-0.4, -0.2) is 9.78 Å². The Balaban J connectivity index is 3.26. The fourth-order valence-electron chi connectivity index (χ4n) is 2.03. The van der Waals surface area contributed by atoms with Crippen molar-refractivity contribution in [2.75, 3.05) is 0 Å². The fraction of sp³-hybridized carbons (Fsp3) is 0.786. The van der Waals surface area contributed by atoms with E-state index in [4.69, 9.17) is 0 Å². The molecule has 1 rings (SSSR count). The molecule has 0 radical (unpaired) electrons. The Morgan fingerprint density at radius 2 is 1.88 bits per heavy atom. The molecule has 0 bridgehead atoms. The molecular formula is C14H26N2O. The van der Waals surface area contributed by atoms with Gasteiger partial charge < -0.3 is 0 Å². The molecule has 1 aromatic rings. The first-order chi connectivity index (χ1) is 7.79. The summed E-state index contributed by atoms with van der Waals surface area (Å²) in [4.78, 5) is 12.4. The maximum atomic E-state index is 12.4. The third-order valence-electron chi connectivity index (χ3n) is 3.05. The minimum atomic E-state index is -0.175. The molecule has 0 aliphatic carbocycles. The van der Waals surface area contributed by atoms with Crippen LogP contribution in [0.3, 0.4) is 0 Å². The minimum Gasteiger partial charge on any atom is -0.299 e. The van der Waals surface area contributed by atoms with Crippen LogP contribution in [0.2, 0.25) is 0 Å². The molecule has 3 nitrogen and oxygen atoms in total. The second-order valence-electron chi connectivity index (χ2n) is 6.07. The SMILES string of the molecule is CCCCc1c(C(C)C)[nH]n(C(C)(C)C)c1=O. The summed E-state index contributed by atoms with van der Waals surface area (Å²) in [6.45, 7) is 12.6. The molecule has 0 aliphatic heterocycles. The summed E-state index contributed by atoms with van der Waals surface area (Å²) in [5, 5.41) is 3.30. The van der Waals surface area contributed by atoms with Crippen molar-refractivity contribution in [3.8, 4) is 0 Å². The second kappa shape index (κ2) is 5.11. The predicted molar refractivity (Wildman–Crippen MR) is 72.7 cm³/mol. The molecule has 0 aliphatic rings. The van der Waals surface area contributed by atoms with Gasteiger partial charge in [0, 0.05) is 11.3 Å². The summed E-state index contributed by atoms with van der Waals surface area (Å²) in [6.07, 6.45) is 3.09. The van der Waals surface area contributed by atoms with E-state index in [-0.39, 0.29) is 11.1 Å². The number of hydrogen-bond acceptors (Lipinski definition) is 1. The van der Waals surface area contributed by atoms with E-state index < -0.39 is 0 Å². The van der Waals surface area contributed by atoms with Crippen LogP contribution < -0.4 is 5.56 Å². The van der Waals surface area contributed by atoms with Gasteiger partial charge in [-0.3, -0.25) is 9.89 Å². The number of unbranched alkanes of at least 4 members (excludes halogenated alkanes) is 1. The van der Waals surface area contributed by atoms with E-state index in [1.165, 1.54) is 0 Å². The van der Waals surface area contributed by atoms with Gasteiger partial charge in [-0.25, -0.2) is 4.68 Å². The maximum Gasteiger partial charge on any atom is 0.270 e. The average molecular weight is 238 g/mol. The normalized spacial score (nSPS) is 12.4. The van der Waals surface area contributed by atoms with Gasteiger partial charge in [0.25, 0.3) is 5.56 Å². The average Bonchev–Trinajstić information content (AvgIpc) is 2.52. The van der Waals surface area contributed by atoms with Crippen LogP contribution in [0, 0.1) is 0 Å². The first-order valence-electron chi connectivity index (χ1n) is 6.63. The van der Waals surface area contributed by atoms with Crippen LogP contribution in [0.25, 0.3) is 0 Å². The topological polar surface area (TPSA) is 37.8 Å². The van der Waals surface area contributed by atoms with E-state index in [0.717, 1.165) is 30.5 Å². The quantitative estimate of drug-likeness (QED) is 0.857. The summed E-state index contributed by atoms with van der Waals surface area (Å²) in [6, 6.07) is 0. The Morgan fingerprint density at radius 3 is 2.29 bits per heavy atom. The molecule has 0 unspecified atom stereocenters. The Bertz CT molecular complexity index is 418. The number of nitrogens with zero attached hydrogens (tertiary/aromatic N) is 1. The highest BCUT2D eigenvalue weighted by atomic mass is 16.1. The van der Waals surface area contributed by atoms with Gasteiger partial charge in [0.15, 0.2) is 0 Å². The Morgan fingerprint density at radius 1 is 1.29 bits per heavy atom. The van der Waals surface area contributed by atoms with Gasteiger partial charge >= 0.3 is 0 Å². The molecule has 1 aromatic heterocycles. The molecule has 1 N–H and O–H groups in total. The van der Waals surface area contributed by atoms with Crippen LogP contribution in [0.1, 0.15) is 71.6 Å². The summed E-state index contributed by atoms with van der Waals surface area (Å²) in [5.41, 5.74) is 2.08. The van der Waals surface area contributed by atoms with Gasteiger partial charge in [0.1, 0.15) is 0 Å². The third-order valence-corrected chi connectivity index (χ3v) is 3.05. The van der Waals surface area contributed by atoms with Gasteiger partial charge in [0.05, 0.1) is 5.54 Å². The monoisotopic (exact) mass is 238 g/mol. The van der Waals surface area contributed by atoms with Gasteiger partial charge in [-0.2, -0.15) is 0 Å². The van der Waals surface area contributed by atoms with Crippen molar-refractivity contribution in [3.05, 3.63) is 21.6 Å². The summed E-state index contributed by atoms with van der Waals surface area (Å²) in [5.74, 6) is 0.373. The zero-order valence-electron chi connectivity index (χ0n) is 12.1. The molecule has 0 fully saturated rings. The lowest BCUT2D eigenvalue weighted by Gasteiger charge is -2.19. The standard InChI is InChI=1S/C14H26N2O/c1-7-8-9-11-12(10(2)3)15-16(13(11)17)14(4,5)6/h10,15H,7-9H2,1-6H3. The lowest BCUT2D eigenvalue weighted by Crippen LogP contribution is -2.33. The zero-order chi connectivity index (χ0) is 13.2.